The maximum atomic E-state index is 13.8. The van der Waals surface area contributed by atoms with Crippen LogP contribution in [0.2, 0.25) is 0 Å². The van der Waals surface area contributed by atoms with E-state index in [1.807, 2.05) is 63.2 Å². The van der Waals surface area contributed by atoms with Crippen molar-refractivity contribution in [2.75, 3.05) is 4.90 Å². The molecule has 2 saturated heterocycles. The van der Waals surface area contributed by atoms with Gasteiger partial charge < -0.3 is 5.11 Å². The van der Waals surface area contributed by atoms with Crippen molar-refractivity contribution in [1.82, 2.24) is 5.32 Å². The molecule has 2 aliphatic heterocycles. The quantitative estimate of drug-likeness (QED) is 0.724. The fourth-order valence-corrected chi connectivity index (χ4v) is 5.26. The molecule has 0 saturated carbocycles. The minimum absolute atomic E-state index is 0.323. The van der Waals surface area contributed by atoms with Gasteiger partial charge in [0.15, 0.2) is 0 Å². The van der Waals surface area contributed by atoms with E-state index in [1.165, 1.54) is 11.8 Å². The zero-order valence-electron chi connectivity index (χ0n) is 18.3. The highest BCUT2D eigenvalue weighted by Gasteiger charge is 2.67. The smallest absolute Gasteiger partial charge is 0.324 e. The van der Waals surface area contributed by atoms with Gasteiger partial charge >= 0.3 is 5.97 Å². The summed E-state index contributed by atoms with van der Waals surface area (Å²) in [5.74, 6) is -3.63. The number of amides is 2. The second kappa shape index (κ2) is 7.61. The third-order valence-corrected chi connectivity index (χ3v) is 6.94. The molecule has 6 nitrogen and oxygen atoms in total. The first-order valence-corrected chi connectivity index (χ1v) is 10.8. The van der Waals surface area contributed by atoms with Crippen molar-refractivity contribution in [2.24, 2.45) is 11.8 Å². The number of aliphatic carboxylic acids is 1. The van der Waals surface area contributed by atoms with Crippen LogP contribution >= 0.6 is 0 Å². The number of nitrogens with one attached hydrogen (secondary N) is 1. The Morgan fingerprint density at radius 1 is 1.03 bits per heavy atom. The molecule has 4 rings (SSSR count). The van der Waals surface area contributed by atoms with E-state index >= 15 is 0 Å². The predicted molar refractivity (Wildman–Crippen MR) is 118 cm³/mol. The molecule has 0 spiro atoms. The number of hydrogen-bond donors (Lipinski definition) is 2. The topological polar surface area (TPSA) is 86.7 Å². The lowest BCUT2D eigenvalue weighted by molar-refractivity contribution is -0.147. The van der Waals surface area contributed by atoms with Gasteiger partial charge in [0, 0.05) is 6.04 Å². The lowest BCUT2D eigenvalue weighted by atomic mass is 9.80. The van der Waals surface area contributed by atoms with Crippen molar-refractivity contribution in [1.29, 1.82) is 0 Å². The van der Waals surface area contributed by atoms with Crippen molar-refractivity contribution in [2.45, 2.75) is 52.1 Å². The van der Waals surface area contributed by atoms with E-state index in [0.717, 1.165) is 22.3 Å². The summed E-state index contributed by atoms with van der Waals surface area (Å²) in [4.78, 5) is 41.1. The Balaban J connectivity index is 1.90. The Kier molecular flexibility index (Phi) is 5.21. The summed E-state index contributed by atoms with van der Waals surface area (Å²) in [6, 6.07) is 12.8. The number of carbonyl (C=O) groups is 3. The molecule has 4 atom stereocenters. The molecule has 0 aliphatic carbocycles. The Bertz CT molecular complexity index is 1060. The van der Waals surface area contributed by atoms with Crippen molar-refractivity contribution in [3.8, 4) is 0 Å². The zero-order chi connectivity index (χ0) is 22.5. The summed E-state index contributed by atoms with van der Waals surface area (Å²) in [5, 5.41) is 13.2. The number of aryl methyl sites for hydroxylation is 3. The third kappa shape index (κ3) is 3.00. The number of fused-ring (bicyclic) bond motifs is 1. The van der Waals surface area contributed by atoms with Gasteiger partial charge in [-0.25, -0.2) is 4.90 Å². The molecule has 162 valence electrons. The molecular formula is C25H28N2O4. The molecule has 4 unspecified atom stereocenters. The van der Waals surface area contributed by atoms with Crippen molar-refractivity contribution in [3.05, 3.63) is 64.7 Å². The minimum atomic E-state index is -1.54. The number of hydrogen-bond acceptors (Lipinski definition) is 4. The number of para-hydroxylation sites is 1. The van der Waals surface area contributed by atoms with Gasteiger partial charge in [-0.1, -0.05) is 56.3 Å². The summed E-state index contributed by atoms with van der Waals surface area (Å²) in [6.07, 6.45) is 1.34. The minimum Gasteiger partial charge on any atom is -0.480 e. The summed E-state index contributed by atoms with van der Waals surface area (Å²) >= 11 is 0. The van der Waals surface area contributed by atoms with E-state index in [2.05, 4.69) is 5.32 Å². The number of carbonyl (C=O) groups excluding carboxylic acids is 2. The van der Waals surface area contributed by atoms with Crippen LogP contribution in [0.1, 0.15) is 49.1 Å². The number of imide groups is 1. The van der Waals surface area contributed by atoms with Gasteiger partial charge in [-0.2, -0.15) is 0 Å². The van der Waals surface area contributed by atoms with E-state index in [9.17, 15) is 19.5 Å². The fourth-order valence-electron chi connectivity index (χ4n) is 5.26. The first-order valence-electron chi connectivity index (χ1n) is 10.8. The first-order chi connectivity index (χ1) is 14.8. The third-order valence-electron chi connectivity index (χ3n) is 6.94. The highest BCUT2D eigenvalue weighted by Crippen LogP contribution is 2.50. The SMILES string of the molecule is CCc1cccc(CC)c1N1C(=O)C2C(c3ccccc3C)NC(C)(C(=O)O)C2C1=O. The van der Waals surface area contributed by atoms with Gasteiger partial charge in [-0.3, -0.25) is 19.7 Å². The molecule has 2 amide bonds. The lowest BCUT2D eigenvalue weighted by Gasteiger charge is -2.29. The average Bonchev–Trinajstić information content (AvgIpc) is 3.21. The highest BCUT2D eigenvalue weighted by atomic mass is 16.4. The maximum absolute atomic E-state index is 13.8. The Morgan fingerprint density at radius 2 is 1.65 bits per heavy atom. The monoisotopic (exact) mass is 420 g/mol. The molecular weight excluding hydrogens is 392 g/mol. The highest BCUT2D eigenvalue weighted by molar-refractivity contribution is 6.24. The number of carboxylic acid groups (broad SMARTS) is 1. The van der Waals surface area contributed by atoms with Crippen molar-refractivity contribution < 1.29 is 19.5 Å². The molecule has 2 N–H and O–H groups in total. The van der Waals surface area contributed by atoms with Crippen LogP contribution in [-0.2, 0) is 27.2 Å². The van der Waals surface area contributed by atoms with Crippen LogP contribution in [0.15, 0.2) is 42.5 Å². The van der Waals surface area contributed by atoms with Crippen LogP contribution in [0.5, 0.6) is 0 Å². The van der Waals surface area contributed by atoms with Gasteiger partial charge in [-0.15, -0.1) is 0 Å². The largest absolute Gasteiger partial charge is 0.480 e. The van der Waals surface area contributed by atoms with E-state index in [4.69, 9.17) is 0 Å². The second-order valence-corrected chi connectivity index (χ2v) is 8.63. The molecule has 2 aromatic rings. The van der Waals surface area contributed by atoms with E-state index in [-0.39, 0.29) is 5.91 Å². The molecule has 2 fully saturated rings. The summed E-state index contributed by atoms with van der Waals surface area (Å²) in [5.41, 5.74) is 2.73. The van der Waals surface area contributed by atoms with Gasteiger partial charge in [0.05, 0.1) is 17.5 Å². The maximum Gasteiger partial charge on any atom is 0.324 e. The van der Waals surface area contributed by atoms with Gasteiger partial charge in [0.2, 0.25) is 11.8 Å². The van der Waals surface area contributed by atoms with E-state index in [1.54, 1.807) is 0 Å². The number of benzene rings is 2. The molecule has 31 heavy (non-hydrogen) atoms. The van der Waals surface area contributed by atoms with Gasteiger partial charge in [0.25, 0.3) is 0 Å². The number of rotatable bonds is 5. The first kappa shape index (κ1) is 21.2. The van der Waals surface area contributed by atoms with Crippen LogP contribution in [0.3, 0.4) is 0 Å². The average molecular weight is 421 g/mol. The molecule has 2 aliphatic rings. The van der Waals surface area contributed by atoms with E-state index in [0.29, 0.717) is 18.5 Å². The van der Waals surface area contributed by atoms with Crippen LogP contribution in [0.4, 0.5) is 5.69 Å². The zero-order valence-corrected chi connectivity index (χ0v) is 18.3. The van der Waals surface area contributed by atoms with Crippen LogP contribution in [0, 0.1) is 18.8 Å². The number of anilines is 1. The van der Waals surface area contributed by atoms with Crippen LogP contribution < -0.4 is 10.2 Å². The standard InChI is InChI=1S/C25H28N2O4/c1-5-15-11-9-12-16(6-2)21(15)27-22(28)18-19(23(27)29)25(4,24(30)31)26-20(18)17-13-8-7-10-14(17)3/h7-13,18-20,26H,5-6H2,1-4H3,(H,30,31). The van der Waals surface area contributed by atoms with Gasteiger partial charge in [0.1, 0.15) is 5.54 Å². The van der Waals surface area contributed by atoms with Gasteiger partial charge in [-0.05, 0) is 48.9 Å². The Hall–Kier alpha value is -2.99. The molecule has 6 heteroatoms. The molecule has 2 aromatic carbocycles. The van der Waals surface area contributed by atoms with Crippen LogP contribution in [0.25, 0.3) is 0 Å². The lowest BCUT2D eigenvalue weighted by Crippen LogP contribution is -2.53. The summed E-state index contributed by atoms with van der Waals surface area (Å²) < 4.78 is 0. The predicted octanol–water partition coefficient (Wildman–Crippen LogP) is 3.41. The fraction of sp³-hybridized carbons (Fsp3) is 0.400. The van der Waals surface area contributed by atoms with E-state index < -0.39 is 35.3 Å². The molecule has 0 bridgehead atoms. The molecule has 0 radical (unpaired) electrons. The molecule has 2 heterocycles. The van der Waals surface area contributed by atoms with Crippen molar-refractivity contribution in [3.63, 3.8) is 0 Å². The summed E-state index contributed by atoms with van der Waals surface area (Å²) in [7, 11) is 0. The number of nitrogens with zero attached hydrogens (tertiary/aromatic N) is 1. The summed E-state index contributed by atoms with van der Waals surface area (Å²) in [6.45, 7) is 7.43. The second-order valence-electron chi connectivity index (χ2n) is 8.63. The number of carboxylic acids is 1. The van der Waals surface area contributed by atoms with Crippen molar-refractivity contribution >= 4 is 23.5 Å². The normalized spacial score (nSPS) is 27.6. The molecule has 0 aromatic heterocycles. The van der Waals surface area contributed by atoms with Crippen LogP contribution in [-0.4, -0.2) is 28.4 Å². The Morgan fingerprint density at radius 3 is 2.19 bits per heavy atom. The Labute approximate surface area is 182 Å².